The van der Waals surface area contributed by atoms with Crippen molar-refractivity contribution < 1.29 is 22.8 Å². The molecule has 1 aliphatic rings. The fourth-order valence-electron chi connectivity index (χ4n) is 4.53. The molecule has 0 radical (unpaired) electrons. The molecule has 1 atom stereocenters. The van der Waals surface area contributed by atoms with Crippen LogP contribution in [0.5, 0.6) is 0 Å². The summed E-state index contributed by atoms with van der Waals surface area (Å²) in [6.45, 7) is 0.203. The molecule has 0 bridgehead atoms. The number of halogens is 2. The predicted octanol–water partition coefficient (Wildman–Crippen LogP) is 3.71. The molecule has 2 aromatic carbocycles. The van der Waals surface area contributed by atoms with Gasteiger partial charge in [-0.3, -0.25) is 19.4 Å². The van der Waals surface area contributed by atoms with Gasteiger partial charge in [0.2, 0.25) is 17.7 Å². The van der Waals surface area contributed by atoms with Gasteiger partial charge in [0.25, 0.3) is 0 Å². The highest BCUT2D eigenvalue weighted by atomic mass is 35.5. The van der Waals surface area contributed by atoms with Crippen molar-refractivity contribution in [3.8, 4) is 0 Å². The van der Waals surface area contributed by atoms with Crippen molar-refractivity contribution >= 4 is 56.8 Å². The first-order valence-electron chi connectivity index (χ1n) is 13.3. The van der Waals surface area contributed by atoms with Crippen LogP contribution in [-0.4, -0.2) is 66.9 Å². The summed E-state index contributed by atoms with van der Waals surface area (Å²) < 4.78 is 26.0. The van der Waals surface area contributed by atoms with Gasteiger partial charge in [-0.25, -0.2) is 8.42 Å². The zero-order valence-corrected chi connectivity index (χ0v) is 24.9. The van der Waals surface area contributed by atoms with Crippen LogP contribution in [0.2, 0.25) is 10.0 Å². The van der Waals surface area contributed by atoms with Crippen LogP contribution < -0.4 is 10.6 Å². The molecule has 1 aliphatic heterocycles. The minimum Gasteiger partial charge on any atom is -0.345 e. The summed E-state index contributed by atoms with van der Waals surface area (Å²) in [5.41, 5.74) is 1.35. The van der Waals surface area contributed by atoms with Gasteiger partial charge in [0.05, 0.1) is 16.7 Å². The lowest BCUT2D eigenvalue weighted by atomic mass is 10.1. The number of carbonyl (C=O) groups is 3. The first-order valence-corrected chi connectivity index (χ1v) is 15.6. The molecule has 0 unspecified atom stereocenters. The van der Waals surface area contributed by atoms with Gasteiger partial charge in [-0.1, -0.05) is 41.4 Å². The van der Waals surface area contributed by atoms with E-state index in [0.29, 0.717) is 15.7 Å². The number of nitrogens with zero attached hydrogens (tertiary/aromatic N) is 2. The Morgan fingerprint density at radius 3 is 2.21 bits per heavy atom. The molecule has 0 saturated carbocycles. The summed E-state index contributed by atoms with van der Waals surface area (Å²) in [6, 6.07) is 17.2. The number of hydrogen-bond acceptors (Lipinski definition) is 6. The SMILES string of the molecule is O=C(C=Cc1ccc(Cl)cc1)N[C@@H](Cc1ccccn1)C(=O)NCC(=O)N1CCC(S(=O)(=O)c2ccc(Cl)cc2)CC1. The van der Waals surface area contributed by atoms with Crippen LogP contribution in [0.1, 0.15) is 24.1 Å². The largest absolute Gasteiger partial charge is 0.345 e. The number of hydrogen-bond donors (Lipinski definition) is 2. The number of sulfone groups is 1. The van der Waals surface area contributed by atoms with Crippen molar-refractivity contribution in [3.05, 3.63) is 100 Å². The maximum Gasteiger partial charge on any atom is 0.244 e. The average molecular weight is 630 g/mol. The Morgan fingerprint density at radius 2 is 1.60 bits per heavy atom. The van der Waals surface area contributed by atoms with Crippen LogP contribution in [-0.2, 0) is 30.6 Å². The van der Waals surface area contributed by atoms with Gasteiger partial charge in [-0.2, -0.15) is 0 Å². The number of carbonyl (C=O) groups excluding carboxylic acids is 3. The van der Waals surface area contributed by atoms with Gasteiger partial charge in [-0.15, -0.1) is 0 Å². The normalized spacial score (nSPS) is 14.9. The van der Waals surface area contributed by atoms with E-state index in [1.165, 1.54) is 35.2 Å². The monoisotopic (exact) mass is 628 g/mol. The molecule has 42 heavy (non-hydrogen) atoms. The number of rotatable bonds is 10. The molecule has 4 rings (SSSR count). The molecule has 1 fully saturated rings. The molecule has 3 aromatic rings. The molecular weight excluding hydrogens is 599 g/mol. The van der Waals surface area contributed by atoms with E-state index in [-0.39, 0.29) is 49.7 Å². The van der Waals surface area contributed by atoms with E-state index in [2.05, 4.69) is 15.6 Å². The molecule has 0 aliphatic carbocycles. The summed E-state index contributed by atoms with van der Waals surface area (Å²) in [5, 5.41) is 5.72. The predicted molar refractivity (Wildman–Crippen MR) is 162 cm³/mol. The van der Waals surface area contributed by atoms with E-state index in [1.54, 1.807) is 54.7 Å². The van der Waals surface area contributed by atoms with Crippen LogP contribution in [0.4, 0.5) is 0 Å². The van der Waals surface area contributed by atoms with Crippen LogP contribution in [0, 0.1) is 0 Å². The number of benzene rings is 2. The Bertz CT molecular complexity index is 1520. The summed E-state index contributed by atoms with van der Waals surface area (Å²) in [4.78, 5) is 44.6. The quantitative estimate of drug-likeness (QED) is 0.330. The van der Waals surface area contributed by atoms with Gasteiger partial charge in [-0.05, 0) is 73.0 Å². The van der Waals surface area contributed by atoms with Crippen molar-refractivity contribution in [2.75, 3.05) is 19.6 Å². The molecule has 1 aromatic heterocycles. The van der Waals surface area contributed by atoms with E-state index in [1.807, 2.05) is 0 Å². The van der Waals surface area contributed by atoms with Crippen molar-refractivity contribution in [3.63, 3.8) is 0 Å². The third-order valence-corrected chi connectivity index (χ3v) is 9.64. The van der Waals surface area contributed by atoms with Gasteiger partial charge in [0, 0.05) is 47.5 Å². The van der Waals surface area contributed by atoms with E-state index in [9.17, 15) is 22.8 Å². The number of likely N-dealkylation sites (tertiary alicyclic amines) is 1. The van der Waals surface area contributed by atoms with Crippen LogP contribution in [0.25, 0.3) is 6.08 Å². The van der Waals surface area contributed by atoms with Crippen molar-refractivity contribution in [2.24, 2.45) is 0 Å². The highest BCUT2D eigenvalue weighted by molar-refractivity contribution is 7.92. The van der Waals surface area contributed by atoms with Crippen molar-refractivity contribution in [2.45, 2.75) is 35.4 Å². The lowest BCUT2D eigenvalue weighted by Gasteiger charge is -2.32. The molecule has 220 valence electrons. The molecule has 3 amide bonds. The maximum absolute atomic E-state index is 13.1. The Kier molecular flexibility index (Phi) is 10.7. The summed E-state index contributed by atoms with van der Waals surface area (Å²) in [6.07, 6.45) is 5.19. The fourth-order valence-corrected chi connectivity index (χ4v) is 6.52. The summed E-state index contributed by atoms with van der Waals surface area (Å²) in [7, 11) is -3.55. The summed E-state index contributed by atoms with van der Waals surface area (Å²) >= 11 is 11.8. The molecule has 2 heterocycles. The Morgan fingerprint density at radius 1 is 0.952 bits per heavy atom. The highest BCUT2D eigenvalue weighted by Gasteiger charge is 2.33. The molecule has 9 nitrogen and oxygen atoms in total. The third-order valence-electron chi connectivity index (χ3n) is 6.86. The molecular formula is C30H30Cl2N4O5S. The molecule has 2 N–H and O–H groups in total. The van der Waals surface area contributed by atoms with Crippen molar-refractivity contribution in [1.82, 2.24) is 20.5 Å². The van der Waals surface area contributed by atoms with Crippen LogP contribution in [0.15, 0.2) is 83.9 Å². The molecule has 0 spiro atoms. The Hall–Kier alpha value is -3.73. The summed E-state index contributed by atoms with van der Waals surface area (Å²) in [5.74, 6) is -1.37. The second-order valence-electron chi connectivity index (χ2n) is 9.77. The Balaban J connectivity index is 1.32. The lowest BCUT2D eigenvalue weighted by Crippen LogP contribution is -2.51. The second-order valence-corrected chi connectivity index (χ2v) is 12.9. The zero-order valence-electron chi connectivity index (χ0n) is 22.6. The topological polar surface area (TPSA) is 126 Å². The first kappa shape index (κ1) is 31.2. The van der Waals surface area contributed by atoms with Gasteiger partial charge in [0.15, 0.2) is 9.84 Å². The number of aromatic nitrogens is 1. The van der Waals surface area contributed by atoms with Gasteiger partial charge >= 0.3 is 0 Å². The van der Waals surface area contributed by atoms with Gasteiger partial charge < -0.3 is 15.5 Å². The fraction of sp³-hybridized carbons (Fsp3) is 0.267. The smallest absolute Gasteiger partial charge is 0.244 e. The maximum atomic E-state index is 13.1. The minimum absolute atomic E-state index is 0.120. The number of nitrogens with one attached hydrogen (secondary N) is 2. The van der Waals surface area contributed by atoms with Crippen LogP contribution >= 0.6 is 23.2 Å². The van der Waals surface area contributed by atoms with E-state index >= 15 is 0 Å². The number of piperidine rings is 1. The highest BCUT2D eigenvalue weighted by Crippen LogP contribution is 2.25. The first-order chi connectivity index (χ1) is 20.1. The lowest BCUT2D eigenvalue weighted by molar-refractivity contribution is -0.134. The van der Waals surface area contributed by atoms with E-state index in [4.69, 9.17) is 23.2 Å². The molecule has 1 saturated heterocycles. The zero-order chi connectivity index (χ0) is 30.1. The van der Waals surface area contributed by atoms with E-state index < -0.39 is 32.9 Å². The number of pyridine rings is 1. The van der Waals surface area contributed by atoms with Crippen molar-refractivity contribution in [1.29, 1.82) is 0 Å². The molecule has 12 heteroatoms. The van der Waals surface area contributed by atoms with Crippen LogP contribution in [0.3, 0.4) is 0 Å². The second kappa shape index (κ2) is 14.4. The average Bonchev–Trinajstić information content (AvgIpc) is 3.00. The van der Waals surface area contributed by atoms with E-state index in [0.717, 1.165) is 5.56 Å². The third kappa shape index (κ3) is 8.64. The Labute approximate surface area is 254 Å². The van der Waals surface area contributed by atoms with Gasteiger partial charge in [0.1, 0.15) is 6.04 Å². The minimum atomic E-state index is -3.55. The standard InChI is InChI=1S/C30H30Cl2N4O5S/c31-22-7-4-21(5-8-22)6-13-28(37)35-27(19-24-3-1-2-16-33-24)30(39)34-20-29(38)36-17-14-26(15-18-36)42(40,41)25-11-9-23(32)10-12-25/h1-13,16,26-27H,14-15,17-20H2,(H,34,39)(H,35,37)/t27-/m0/s1. The number of amides is 3.